The van der Waals surface area contributed by atoms with Crippen molar-refractivity contribution in [3.8, 4) is 0 Å². The van der Waals surface area contributed by atoms with Crippen LogP contribution in [0.2, 0.25) is 0 Å². The van der Waals surface area contributed by atoms with Gasteiger partial charge in [0.2, 0.25) is 5.91 Å². The van der Waals surface area contributed by atoms with Crippen molar-refractivity contribution in [2.75, 3.05) is 25.0 Å². The molecule has 0 bridgehead atoms. The van der Waals surface area contributed by atoms with Gasteiger partial charge >= 0.3 is 0 Å². The molecule has 5 heteroatoms. The van der Waals surface area contributed by atoms with E-state index in [0.29, 0.717) is 12.1 Å². The molecule has 1 aromatic heterocycles. The minimum Gasteiger partial charge on any atom is -0.366 e. The van der Waals surface area contributed by atoms with Gasteiger partial charge in [0.1, 0.15) is 5.82 Å². The van der Waals surface area contributed by atoms with Crippen LogP contribution in [-0.2, 0) is 0 Å². The van der Waals surface area contributed by atoms with Gasteiger partial charge in [-0.1, -0.05) is 13.8 Å². The normalized spacial score (nSPS) is 11.3. The number of rotatable bonds is 5. The average Bonchev–Trinajstić information content (AvgIpc) is 2.28. The molecule has 4 N–H and O–H groups in total. The second kappa shape index (κ2) is 5.14. The third-order valence-corrected chi connectivity index (χ3v) is 2.64. The van der Waals surface area contributed by atoms with Crippen molar-refractivity contribution in [2.24, 2.45) is 16.9 Å². The topological polar surface area (TPSA) is 85.2 Å². The SMILES string of the molecule is CN(CC(C)(C)CN)c1cc(C(N)=O)ccn1. The summed E-state index contributed by atoms with van der Waals surface area (Å²) in [7, 11) is 1.92. The second-order valence-corrected chi connectivity index (χ2v) is 4.99. The quantitative estimate of drug-likeness (QED) is 0.784. The molecule has 17 heavy (non-hydrogen) atoms. The Morgan fingerprint density at radius 3 is 2.71 bits per heavy atom. The van der Waals surface area contributed by atoms with E-state index in [1.807, 2.05) is 11.9 Å². The fourth-order valence-corrected chi connectivity index (χ4v) is 1.57. The van der Waals surface area contributed by atoms with Gasteiger partial charge in [-0.25, -0.2) is 4.98 Å². The summed E-state index contributed by atoms with van der Waals surface area (Å²) in [6, 6.07) is 3.29. The summed E-state index contributed by atoms with van der Waals surface area (Å²) in [5.41, 5.74) is 11.4. The van der Waals surface area contributed by atoms with Crippen LogP contribution in [0, 0.1) is 5.41 Å². The van der Waals surface area contributed by atoms with E-state index >= 15 is 0 Å². The van der Waals surface area contributed by atoms with Crippen LogP contribution in [-0.4, -0.2) is 31.0 Å². The van der Waals surface area contributed by atoms with Gasteiger partial charge in [-0.05, 0) is 24.1 Å². The lowest BCUT2D eigenvalue weighted by Gasteiger charge is -2.29. The first-order valence-electron chi connectivity index (χ1n) is 5.53. The number of nitrogens with two attached hydrogens (primary N) is 2. The van der Waals surface area contributed by atoms with E-state index in [9.17, 15) is 4.79 Å². The minimum absolute atomic E-state index is 0.000835. The number of hydrogen-bond acceptors (Lipinski definition) is 4. The largest absolute Gasteiger partial charge is 0.366 e. The molecule has 1 heterocycles. The maximum atomic E-state index is 11.1. The Hall–Kier alpha value is -1.62. The Morgan fingerprint density at radius 1 is 1.53 bits per heavy atom. The maximum Gasteiger partial charge on any atom is 0.248 e. The predicted molar refractivity (Wildman–Crippen MR) is 68.9 cm³/mol. The molecule has 0 fully saturated rings. The zero-order valence-corrected chi connectivity index (χ0v) is 10.6. The lowest BCUT2D eigenvalue weighted by Crippen LogP contribution is -2.37. The highest BCUT2D eigenvalue weighted by molar-refractivity contribution is 5.93. The molecule has 0 radical (unpaired) electrons. The van der Waals surface area contributed by atoms with Crippen molar-refractivity contribution in [1.29, 1.82) is 0 Å². The van der Waals surface area contributed by atoms with Crippen molar-refractivity contribution < 1.29 is 4.79 Å². The second-order valence-electron chi connectivity index (χ2n) is 4.99. The maximum absolute atomic E-state index is 11.1. The van der Waals surface area contributed by atoms with Crippen LogP contribution in [0.1, 0.15) is 24.2 Å². The van der Waals surface area contributed by atoms with E-state index in [4.69, 9.17) is 11.5 Å². The summed E-state index contributed by atoms with van der Waals surface area (Å²) in [6.07, 6.45) is 1.58. The number of nitrogens with zero attached hydrogens (tertiary/aromatic N) is 2. The van der Waals surface area contributed by atoms with Crippen LogP contribution in [0.4, 0.5) is 5.82 Å². The lowest BCUT2D eigenvalue weighted by atomic mass is 9.93. The molecule has 0 aromatic carbocycles. The highest BCUT2D eigenvalue weighted by atomic mass is 16.1. The molecule has 1 aromatic rings. The van der Waals surface area contributed by atoms with Gasteiger partial charge in [-0.2, -0.15) is 0 Å². The third-order valence-electron chi connectivity index (χ3n) is 2.64. The monoisotopic (exact) mass is 236 g/mol. The number of hydrogen-bond donors (Lipinski definition) is 2. The van der Waals surface area contributed by atoms with Crippen LogP contribution in [0.15, 0.2) is 18.3 Å². The Kier molecular flexibility index (Phi) is 4.07. The van der Waals surface area contributed by atoms with Crippen molar-refractivity contribution in [3.05, 3.63) is 23.9 Å². The Balaban J connectivity index is 2.85. The van der Waals surface area contributed by atoms with Crippen LogP contribution in [0.3, 0.4) is 0 Å². The Morgan fingerprint density at radius 2 is 2.18 bits per heavy atom. The van der Waals surface area contributed by atoms with E-state index in [0.717, 1.165) is 12.4 Å². The standard InChI is InChI=1S/C12H20N4O/c1-12(2,7-13)8-16(3)10-6-9(11(14)17)4-5-15-10/h4-6H,7-8,13H2,1-3H3,(H2,14,17). The zero-order valence-electron chi connectivity index (χ0n) is 10.6. The van der Waals surface area contributed by atoms with E-state index < -0.39 is 5.91 Å². The molecule has 1 amide bonds. The molecule has 94 valence electrons. The summed E-state index contributed by atoms with van der Waals surface area (Å²) in [4.78, 5) is 17.3. The smallest absolute Gasteiger partial charge is 0.248 e. The van der Waals surface area contributed by atoms with Crippen LogP contribution < -0.4 is 16.4 Å². The summed E-state index contributed by atoms with van der Waals surface area (Å²) >= 11 is 0. The van der Waals surface area contributed by atoms with Crippen molar-refractivity contribution in [1.82, 2.24) is 4.98 Å². The van der Waals surface area contributed by atoms with E-state index in [2.05, 4.69) is 18.8 Å². The minimum atomic E-state index is -0.444. The number of primary amides is 1. The highest BCUT2D eigenvalue weighted by Gasteiger charge is 2.19. The van der Waals surface area contributed by atoms with Crippen molar-refractivity contribution in [2.45, 2.75) is 13.8 Å². The molecule has 0 saturated carbocycles. The number of amides is 1. The van der Waals surface area contributed by atoms with Gasteiger partial charge in [-0.15, -0.1) is 0 Å². The molecule has 0 aliphatic rings. The number of aromatic nitrogens is 1. The predicted octanol–water partition coefficient (Wildman–Crippen LogP) is 0.602. The zero-order chi connectivity index (χ0) is 13.1. The fourth-order valence-electron chi connectivity index (χ4n) is 1.57. The summed E-state index contributed by atoms with van der Waals surface area (Å²) < 4.78 is 0. The van der Waals surface area contributed by atoms with Gasteiger partial charge in [0, 0.05) is 25.4 Å². The molecule has 5 nitrogen and oxygen atoms in total. The van der Waals surface area contributed by atoms with E-state index in [-0.39, 0.29) is 5.41 Å². The highest BCUT2D eigenvalue weighted by Crippen LogP contribution is 2.18. The Labute approximate surface area is 102 Å². The first-order valence-corrected chi connectivity index (χ1v) is 5.53. The molecule has 0 spiro atoms. The molecule has 0 saturated heterocycles. The lowest BCUT2D eigenvalue weighted by molar-refractivity contribution is 0.1000. The summed E-state index contributed by atoms with van der Waals surface area (Å²) in [6.45, 7) is 5.52. The third kappa shape index (κ3) is 3.71. The van der Waals surface area contributed by atoms with Crippen LogP contribution >= 0.6 is 0 Å². The molecule has 0 atom stereocenters. The van der Waals surface area contributed by atoms with Gasteiger partial charge in [-0.3, -0.25) is 4.79 Å². The summed E-state index contributed by atoms with van der Waals surface area (Å²) in [5, 5.41) is 0. The van der Waals surface area contributed by atoms with Crippen molar-refractivity contribution >= 4 is 11.7 Å². The van der Waals surface area contributed by atoms with Crippen LogP contribution in [0.5, 0.6) is 0 Å². The fraction of sp³-hybridized carbons (Fsp3) is 0.500. The number of pyridine rings is 1. The number of anilines is 1. The average molecular weight is 236 g/mol. The molecule has 1 rings (SSSR count). The summed E-state index contributed by atoms with van der Waals surface area (Å²) in [5.74, 6) is 0.281. The molecular formula is C12H20N4O. The van der Waals surface area contributed by atoms with Crippen molar-refractivity contribution in [3.63, 3.8) is 0 Å². The number of carbonyl (C=O) groups is 1. The van der Waals surface area contributed by atoms with Gasteiger partial charge in [0.15, 0.2) is 0 Å². The van der Waals surface area contributed by atoms with E-state index in [1.54, 1.807) is 18.3 Å². The molecule has 0 unspecified atom stereocenters. The Bertz CT molecular complexity index is 403. The van der Waals surface area contributed by atoms with Gasteiger partial charge < -0.3 is 16.4 Å². The first kappa shape index (κ1) is 13.4. The van der Waals surface area contributed by atoms with Crippen LogP contribution in [0.25, 0.3) is 0 Å². The first-order chi connectivity index (χ1) is 7.85. The molecule has 0 aliphatic carbocycles. The molecular weight excluding hydrogens is 216 g/mol. The van der Waals surface area contributed by atoms with E-state index in [1.165, 1.54) is 0 Å². The molecule has 0 aliphatic heterocycles. The number of carbonyl (C=O) groups excluding carboxylic acids is 1. The van der Waals surface area contributed by atoms with Gasteiger partial charge in [0.05, 0.1) is 0 Å². The van der Waals surface area contributed by atoms with Gasteiger partial charge in [0.25, 0.3) is 0 Å².